The van der Waals surface area contributed by atoms with Crippen LogP contribution in [0.1, 0.15) is 55.9 Å². The number of benzene rings is 3. The highest BCUT2D eigenvalue weighted by molar-refractivity contribution is 5.96. The molecular weight excluding hydrogens is 574 g/mol. The van der Waals surface area contributed by atoms with Gasteiger partial charge in [-0.2, -0.15) is 5.10 Å². The Morgan fingerprint density at radius 1 is 0.933 bits per heavy atom. The average Bonchev–Trinajstić information content (AvgIpc) is 3.36. The minimum atomic E-state index is -3.17. The summed E-state index contributed by atoms with van der Waals surface area (Å²) < 4.78 is 45.3. The molecule has 7 nitrogen and oxygen atoms in total. The lowest BCUT2D eigenvalue weighted by molar-refractivity contribution is -0.0846. The van der Waals surface area contributed by atoms with Gasteiger partial charge in [0.25, 0.3) is 5.92 Å². The second-order valence-corrected chi connectivity index (χ2v) is 12.4. The second kappa shape index (κ2) is 12.0. The first kappa shape index (κ1) is 30.2. The average molecular weight is 611 g/mol. The van der Waals surface area contributed by atoms with E-state index in [1.54, 1.807) is 50.8 Å². The van der Waals surface area contributed by atoms with Gasteiger partial charge >= 0.3 is 6.09 Å². The van der Waals surface area contributed by atoms with Crippen molar-refractivity contribution in [3.05, 3.63) is 114 Å². The van der Waals surface area contributed by atoms with Crippen molar-refractivity contribution in [2.75, 3.05) is 13.1 Å². The van der Waals surface area contributed by atoms with Crippen molar-refractivity contribution >= 4 is 17.0 Å². The Kier molecular flexibility index (Phi) is 8.03. The van der Waals surface area contributed by atoms with Crippen LogP contribution in [0.4, 0.5) is 13.6 Å². The molecule has 3 heterocycles. The molecule has 1 aliphatic heterocycles. The van der Waals surface area contributed by atoms with Crippen molar-refractivity contribution in [3.8, 4) is 17.1 Å². The maximum absolute atomic E-state index is 15.8. The molecule has 1 aliphatic rings. The number of aryl methyl sites for hydroxylation is 1. The Bertz CT molecular complexity index is 1760. The normalized spacial score (nSPS) is 16.6. The van der Waals surface area contributed by atoms with E-state index in [4.69, 9.17) is 14.6 Å². The number of fused-ring (bicyclic) bond motifs is 1. The maximum atomic E-state index is 15.8. The zero-order valence-corrected chi connectivity index (χ0v) is 25.8. The van der Waals surface area contributed by atoms with Gasteiger partial charge in [0.2, 0.25) is 5.88 Å². The fourth-order valence-corrected chi connectivity index (χ4v) is 6.01. The molecule has 6 rings (SSSR count). The van der Waals surface area contributed by atoms with Gasteiger partial charge in [-0.05, 0) is 56.0 Å². The van der Waals surface area contributed by atoms with Crippen LogP contribution in [-0.4, -0.2) is 50.4 Å². The summed E-state index contributed by atoms with van der Waals surface area (Å²) in [5.74, 6) is -3.89. The van der Waals surface area contributed by atoms with E-state index in [-0.39, 0.29) is 13.0 Å². The zero-order valence-electron chi connectivity index (χ0n) is 25.8. The number of likely N-dealkylation sites (tertiary alicyclic amines) is 1. The predicted molar refractivity (Wildman–Crippen MR) is 169 cm³/mol. The van der Waals surface area contributed by atoms with E-state index < -0.39 is 36.2 Å². The number of amides is 1. The highest BCUT2D eigenvalue weighted by atomic mass is 19.3. The molecule has 9 heteroatoms. The Hall–Kier alpha value is -4.79. The second-order valence-electron chi connectivity index (χ2n) is 12.4. The summed E-state index contributed by atoms with van der Waals surface area (Å²) in [5, 5.41) is 5.54. The van der Waals surface area contributed by atoms with E-state index in [1.165, 1.54) is 0 Å². The van der Waals surface area contributed by atoms with Crippen molar-refractivity contribution in [1.29, 1.82) is 0 Å². The zero-order chi connectivity index (χ0) is 31.8. The van der Waals surface area contributed by atoms with Crippen LogP contribution in [0.25, 0.3) is 22.2 Å². The van der Waals surface area contributed by atoms with Gasteiger partial charge in [-0.3, -0.25) is 4.68 Å². The number of nitrogens with zero attached hydrogens (tertiary/aromatic N) is 4. The fraction of sp³-hybridized carbons (Fsp3) is 0.306. The number of carbonyl (C=O) groups is 1. The highest BCUT2D eigenvalue weighted by Gasteiger charge is 2.48. The van der Waals surface area contributed by atoms with E-state index >= 15 is 8.78 Å². The molecule has 0 saturated carbocycles. The summed E-state index contributed by atoms with van der Waals surface area (Å²) in [4.78, 5) is 18.3. The van der Waals surface area contributed by atoms with Crippen LogP contribution < -0.4 is 4.74 Å². The Balaban J connectivity index is 1.36. The molecule has 1 fully saturated rings. The van der Waals surface area contributed by atoms with Crippen LogP contribution in [0, 0.1) is 0 Å². The van der Waals surface area contributed by atoms with Crippen LogP contribution in [-0.2, 0) is 11.8 Å². The Labute approximate surface area is 261 Å². The largest absolute Gasteiger partial charge is 0.464 e. The van der Waals surface area contributed by atoms with Crippen molar-refractivity contribution in [2.24, 2.45) is 7.05 Å². The molecule has 5 aromatic rings. The van der Waals surface area contributed by atoms with Gasteiger partial charge in [0.05, 0.1) is 23.5 Å². The van der Waals surface area contributed by atoms with Crippen LogP contribution in [0.3, 0.4) is 0 Å². The van der Waals surface area contributed by atoms with Gasteiger partial charge in [-0.1, -0.05) is 78.9 Å². The molecule has 0 spiro atoms. The third-order valence-electron chi connectivity index (χ3n) is 7.98. The first-order valence-corrected chi connectivity index (χ1v) is 15.0. The first-order chi connectivity index (χ1) is 21.5. The van der Waals surface area contributed by atoms with Crippen molar-refractivity contribution in [2.45, 2.75) is 50.7 Å². The smallest absolute Gasteiger partial charge is 0.410 e. The number of piperidine rings is 1. The van der Waals surface area contributed by atoms with E-state index in [0.29, 0.717) is 33.6 Å². The number of para-hydroxylation sites is 1. The summed E-state index contributed by atoms with van der Waals surface area (Å²) in [6, 6.07) is 28.9. The first-order valence-electron chi connectivity index (χ1n) is 15.0. The number of hydrogen-bond donors (Lipinski definition) is 0. The highest BCUT2D eigenvalue weighted by Crippen LogP contribution is 2.45. The topological polar surface area (TPSA) is 69.5 Å². The van der Waals surface area contributed by atoms with Crippen molar-refractivity contribution < 1.29 is 23.0 Å². The third-order valence-corrected chi connectivity index (χ3v) is 7.98. The molecule has 0 N–H and O–H groups in total. The van der Waals surface area contributed by atoms with Crippen LogP contribution in [0.15, 0.2) is 97.2 Å². The Morgan fingerprint density at radius 3 is 2.22 bits per heavy atom. The molecule has 0 aliphatic carbocycles. The van der Waals surface area contributed by atoms with Crippen molar-refractivity contribution in [1.82, 2.24) is 19.7 Å². The summed E-state index contributed by atoms with van der Waals surface area (Å²) in [5.41, 5.74) is 3.51. The number of aromatic nitrogens is 3. The molecule has 0 unspecified atom stereocenters. The van der Waals surface area contributed by atoms with E-state index in [2.05, 4.69) is 4.98 Å². The monoisotopic (exact) mass is 610 g/mol. The number of alkyl halides is 2. The van der Waals surface area contributed by atoms with E-state index in [0.717, 1.165) is 16.0 Å². The summed E-state index contributed by atoms with van der Waals surface area (Å²) in [7, 11) is 1.76. The van der Waals surface area contributed by atoms with Gasteiger partial charge in [0.1, 0.15) is 11.3 Å². The number of halogens is 2. The van der Waals surface area contributed by atoms with Gasteiger partial charge in [-0.25, -0.2) is 18.6 Å². The lowest BCUT2D eigenvalue weighted by atomic mass is 9.85. The van der Waals surface area contributed by atoms with Gasteiger partial charge < -0.3 is 14.4 Å². The number of hydrogen-bond acceptors (Lipinski definition) is 5. The van der Waals surface area contributed by atoms with Gasteiger partial charge in [-0.15, -0.1) is 0 Å². The molecule has 232 valence electrons. The van der Waals surface area contributed by atoms with Crippen LogP contribution >= 0.6 is 0 Å². The molecule has 0 radical (unpaired) electrons. The van der Waals surface area contributed by atoms with Gasteiger partial charge in [0, 0.05) is 25.2 Å². The maximum Gasteiger partial charge on any atom is 0.410 e. The van der Waals surface area contributed by atoms with E-state index in [9.17, 15) is 4.79 Å². The van der Waals surface area contributed by atoms with Crippen LogP contribution in [0.2, 0.25) is 0 Å². The van der Waals surface area contributed by atoms with Crippen LogP contribution in [0.5, 0.6) is 5.88 Å². The van der Waals surface area contributed by atoms with Gasteiger partial charge in [0.15, 0.2) is 6.10 Å². The summed E-state index contributed by atoms with van der Waals surface area (Å²) in [6.45, 7) is 4.61. The molecule has 2 aromatic heterocycles. The molecule has 0 bridgehead atoms. The molecule has 1 saturated heterocycles. The molecule has 3 aromatic carbocycles. The summed E-state index contributed by atoms with van der Waals surface area (Å²) >= 11 is 0. The third kappa shape index (κ3) is 6.25. The SMILES string of the molecule is Cn1nc(-c2cccnc2OC(c2ccccc2)c2ccccc2)c2cccc([C@H]3CCN(C(=O)OC(C)(C)C)CC3(F)F)c21. The molecule has 45 heavy (non-hydrogen) atoms. The number of carbonyl (C=O) groups excluding carboxylic acids is 1. The lowest BCUT2D eigenvalue weighted by Gasteiger charge is -2.39. The fourth-order valence-electron chi connectivity index (χ4n) is 6.01. The Morgan fingerprint density at radius 2 is 1.60 bits per heavy atom. The summed E-state index contributed by atoms with van der Waals surface area (Å²) in [6.07, 6.45) is 0.597. The molecular formula is C36H36F2N4O3. The number of ether oxygens (including phenoxy) is 2. The minimum absolute atomic E-state index is 0.0863. The van der Waals surface area contributed by atoms with E-state index in [1.807, 2.05) is 78.9 Å². The molecule has 1 amide bonds. The van der Waals surface area contributed by atoms with Crippen molar-refractivity contribution in [3.63, 3.8) is 0 Å². The standard InChI is InChI=1S/C36H36F2N4O3/c1-35(2,3)45-34(43)42-22-20-29(36(37,38)23-42)26-17-11-18-27-30(40-41(4)31(26)27)28-19-12-21-39-33(28)44-32(24-13-7-5-8-14-24)25-15-9-6-10-16-25/h5-19,21,29,32H,20,22-23H2,1-4H3/t29-/m1/s1. The molecule has 1 atom stereocenters. The minimum Gasteiger partial charge on any atom is -0.464 e. The number of rotatable bonds is 6. The number of pyridine rings is 1. The lowest BCUT2D eigenvalue weighted by Crippen LogP contribution is -2.51. The quantitative estimate of drug-likeness (QED) is 0.194. The predicted octanol–water partition coefficient (Wildman–Crippen LogP) is 8.16.